The van der Waals surface area contributed by atoms with Gasteiger partial charge in [-0.3, -0.25) is 4.79 Å². The van der Waals surface area contributed by atoms with Crippen LogP contribution in [0.15, 0.2) is 41.2 Å². The third-order valence-corrected chi connectivity index (χ3v) is 8.93. The van der Waals surface area contributed by atoms with E-state index in [1.807, 2.05) is 13.1 Å². The van der Waals surface area contributed by atoms with Gasteiger partial charge in [0.25, 0.3) is 0 Å². The van der Waals surface area contributed by atoms with Gasteiger partial charge < -0.3 is 29.2 Å². The van der Waals surface area contributed by atoms with Crippen LogP contribution in [0, 0.1) is 5.92 Å². The number of benzene rings is 1. The van der Waals surface area contributed by atoms with Crippen molar-refractivity contribution >= 4 is 12.0 Å². The molecule has 1 amide bonds. The van der Waals surface area contributed by atoms with E-state index in [1.54, 1.807) is 41.7 Å². The lowest BCUT2D eigenvalue weighted by atomic mass is 9.45. The van der Waals surface area contributed by atoms with E-state index in [1.165, 1.54) is 0 Å². The molecule has 2 aromatic rings. The van der Waals surface area contributed by atoms with Crippen molar-refractivity contribution < 1.29 is 24.2 Å². The quantitative estimate of drug-likeness (QED) is 0.699. The zero-order valence-electron chi connectivity index (χ0n) is 19.2. The summed E-state index contributed by atoms with van der Waals surface area (Å²) < 4.78 is 11.6. The fourth-order valence-corrected chi connectivity index (χ4v) is 7.34. The largest absolute Gasteiger partial charge is 0.504 e. The van der Waals surface area contributed by atoms with E-state index in [0.717, 1.165) is 36.1 Å². The highest BCUT2D eigenvalue weighted by atomic mass is 16.5. The lowest BCUT2D eigenvalue weighted by Crippen LogP contribution is -2.80. The second-order valence-electron chi connectivity index (χ2n) is 10.3. The summed E-state index contributed by atoms with van der Waals surface area (Å²) in [7, 11) is 3.89. The lowest BCUT2D eigenvalue weighted by Gasteiger charge is -2.66. The van der Waals surface area contributed by atoms with Crippen LogP contribution in [0.2, 0.25) is 0 Å². The maximum atomic E-state index is 13.2. The monoisotopic (exact) mass is 450 g/mol. The first kappa shape index (κ1) is 20.8. The Balaban J connectivity index is 1.45. The molecular weight excluding hydrogens is 420 g/mol. The van der Waals surface area contributed by atoms with Crippen LogP contribution in [0.25, 0.3) is 6.08 Å². The van der Waals surface area contributed by atoms with E-state index < -0.39 is 17.1 Å². The Morgan fingerprint density at radius 1 is 1.33 bits per heavy atom. The number of phenols is 1. The van der Waals surface area contributed by atoms with E-state index in [2.05, 4.69) is 18.9 Å². The average Bonchev–Trinajstić information content (AvgIpc) is 3.43. The van der Waals surface area contributed by atoms with E-state index in [4.69, 9.17) is 9.15 Å². The molecule has 0 radical (unpaired) electrons. The molecule has 1 spiro atoms. The minimum atomic E-state index is -0.996. The highest BCUT2D eigenvalue weighted by Crippen LogP contribution is 2.66. The molecule has 174 valence electrons. The Morgan fingerprint density at radius 2 is 2.15 bits per heavy atom. The predicted octanol–water partition coefficient (Wildman–Crippen LogP) is 2.56. The zero-order valence-corrected chi connectivity index (χ0v) is 19.2. The fourth-order valence-electron chi connectivity index (χ4n) is 7.34. The molecule has 2 aliphatic heterocycles. The summed E-state index contributed by atoms with van der Waals surface area (Å²) in [5, 5.41) is 23.2. The van der Waals surface area contributed by atoms with Crippen LogP contribution < -0.4 is 4.74 Å². The number of phenolic OH excluding ortho intramolecular Hbond substituents is 1. The molecule has 1 aromatic heterocycles. The summed E-state index contributed by atoms with van der Waals surface area (Å²) in [6.07, 6.45) is 8.11. The lowest BCUT2D eigenvalue weighted by molar-refractivity contribution is -0.220. The molecule has 3 heterocycles. The predicted molar refractivity (Wildman–Crippen MR) is 122 cm³/mol. The molecule has 7 heteroatoms. The van der Waals surface area contributed by atoms with Gasteiger partial charge in [-0.2, -0.15) is 0 Å². The van der Waals surface area contributed by atoms with Crippen LogP contribution in [-0.4, -0.2) is 70.3 Å². The van der Waals surface area contributed by atoms with Crippen molar-refractivity contribution in [1.29, 1.82) is 0 Å². The first-order chi connectivity index (χ1) is 15.8. The van der Waals surface area contributed by atoms with E-state index in [9.17, 15) is 15.0 Å². The summed E-state index contributed by atoms with van der Waals surface area (Å²) in [5.41, 5.74) is 1.27. The minimum Gasteiger partial charge on any atom is -0.504 e. The van der Waals surface area contributed by atoms with Crippen LogP contribution in [0.3, 0.4) is 0 Å². The van der Waals surface area contributed by atoms with Gasteiger partial charge in [-0.05, 0) is 62.5 Å². The van der Waals surface area contributed by atoms with Gasteiger partial charge in [-0.1, -0.05) is 13.0 Å². The van der Waals surface area contributed by atoms with Crippen LogP contribution in [-0.2, 0) is 16.6 Å². The molecule has 4 aliphatic rings. The van der Waals surface area contributed by atoms with Crippen LogP contribution >= 0.6 is 0 Å². The molecule has 2 N–H and O–H groups in total. The molecule has 1 saturated heterocycles. The first-order valence-corrected chi connectivity index (χ1v) is 11.7. The number of rotatable bonds is 3. The van der Waals surface area contributed by atoms with Gasteiger partial charge in [-0.15, -0.1) is 0 Å². The molecule has 2 aliphatic carbocycles. The van der Waals surface area contributed by atoms with Crippen molar-refractivity contribution in [2.75, 3.05) is 20.6 Å². The van der Waals surface area contributed by atoms with Crippen molar-refractivity contribution in [1.82, 2.24) is 9.80 Å². The average molecular weight is 451 g/mol. The van der Waals surface area contributed by atoms with E-state index in [-0.39, 0.29) is 29.7 Å². The molecular formula is C26H30N2O5. The Labute approximate surface area is 193 Å². The molecule has 7 nitrogen and oxygen atoms in total. The van der Waals surface area contributed by atoms with Gasteiger partial charge in [0.15, 0.2) is 11.5 Å². The second-order valence-corrected chi connectivity index (χ2v) is 10.3. The van der Waals surface area contributed by atoms with E-state index >= 15 is 0 Å². The number of aromatic hydroxyl groups is 1. The summed E-state index contributed by atoms with van der Waals surface area (Å²) in [5.74, 6) is 0.425. The Hall–Kier alpha value is -2.77. The van der Waals surface area contributed by atoms with Crippen molar-refractivity contribution in [3.05, 3.63) is 53.5 Å². The molecule has 2 fully saturated rings. The third-order valence-electron chi connectivity index (χ3n) is 8.93. The van der Waals surface area contributed by atoms with Gasteiger partial charge in [-0.25, -0.2) is 0 Å². The molecule has 1 aromatic carbocycles. The van der Waals surface area contributed by atoms with Gasteiger partial charge >= 0.3 is 0 Å². The van der Waals surface area contributed by atoms with Crippen LogP contribution in [0.1, 0.15) is 36.5 Å². The zero-order chi connectivity index (χ0) is 23.1. The van der Waals surface area contributed by atoms with Crippen molar-refractivity contribution in [3.8, 4) is 11.5 Å². The Kier molecular flexibility index (Phi) is 4.33. The second kappa shape index (κ2) is 6.87. The summed E-state index contributed by atoms with van der Waals surface area (Å²) in [6, 6.07) is 5.21. The first-order valence-electron chi connectivity index (χ1n) is 11.7. The summed E-state index contributed by atoms with van der Waals surface area (Å²) in [6.45, 7) is 2.93. The number of piperidine rings is 1. The number of ether oxygens (including phenoxy) is 1. The number of furan rings is 1. The number of hydrogen-bond donors (Lipinski definition) is 2. The number of hydrogen-bond acceptors (Lipinski definition) is 6. The Morgan fingerprint density at radius 3 is 2.91 bits per heavy atom. The highest BCUT2D eigenvalue weighted by molar-refractivity contribution is 5.92. The standard InChI is InChI=1S/C26H30N2O5/c1-15-12-18(28(3)21(30)7-4-16-8-11-32-14-16)24-25-9-10-27(2)20(26(15,25)31)13-17-5-6-19(29)23(33-24)22(17)25/h4-8,11,14-15,18,20,24,29,31H,9-10,12-13H2,1-3H3/b7-4+/t15?,18?,20-,24?,25+,26-/m1/s1. The minimum absolute atomic E-state index is 0.0294. The molecule has 3 unspecified atom stereocenters. The van der Waals surface area contributed by atoms with Gasteiger partial charge in [0.2, 0.25) is 5.91 Å². The number of aliphatic hydroxyl groups is 1. The SMILES string of the molecule is CC1CC(N(C)C(=O)/C=C/c2ccoc2)C2Oc3c(O)ccc4c3[C@@]23CCN(C)[C@H](C4)[C@]13O. The number of likely N-dealkylation sites (N-methyl/N-ethyl adjacent to an activating group) is 2. The van der Waals surface area contributed by atoms with Crippen LogP contribution in [0.5, 0.6) is 11.5 Å². The smallest absolute Gasteiger partial charge is 0.246 e. The number of nitrogens with zero attached hydrogens (tertiary/aromatic N) is 2. The molecule has 33 heavy (non-hydrogen) atoms. The summed E-state index contributed by atoms with van der Waals surface area (Å²) >= 11 is 0. The molecule has 6 atom stereocenters. The molecule has 2 bridgehead atoms. The van der Waals surface area contributed by atoms with Gasteiger partial charge in [0.05, 0.1) is 29.6 Å². The van der Waals surface area contributed by atoms with Crippen molar-refractivity contribution in [2.45, 2.75) is 55.4 Å². The molecule has 1 saturated carbocycles. The molecule has 6 rings (SSSR count). The van der Waals surface area contributed by atoms with Crippen molar-refractivity contribution in [2.24, 2.45) is 5.92 Å². The Bertz CT molecular complexity index is 1140. The number of carbonyl (C=O) groups is 1. The maximum absolute atomic E-state index is 13.2. The number of likely N-dealkylation sites (tertiary alicyclic amines) is 1. The van der Waals surface area contributed by atoms with Crippen LogP contribution in [0.4, 0.5) is 0 Å². The van der Waals surface area contributed by atoms with Crippen molar-refractivity contribution in [3.63, 3.8) is 0 Å². The topological polar surface area (TPSA) is 86.4 Å². The highest BCUT2D eigenvalue weighted by Gasteiger charge is 2.75. The normalized spacial score (nSPS) is 36.5. The summed E-state index contributed by atoms with van der Waals surface area (Å²) in [4.78, 5) is 17.2. The van der Waals surface area contributed by atoms with Gasteiger partial charge in [0, 0.05) is 30.3 Å². The maximum Gasteiger partial charge on any atom is 0.246 e. The van der Waals surface area contributed by atoms with E-state index in [0.29, 0.717) is 12.2 Å². The number of carbonyl (C=O) groups excluding carboxylic acids is 1. The number of amides is 1. The fraction of sp³-hybridized carbons (Fsp3) is 0.500. The van der Waals surface area contributed by atoms with Gasteiger partial charge in [0.1, 0.15) is 6.10 Å². The third kappa shape index (κ3) is 2.49.